The van der Waals surface area contributed by atoms with Crippen molar-refractivity contribution in [3.8, 4) is 0 Å². The summed E-state index contributed by atoms with van der Waals surface area (Å²) < 4.78 is 5.69. The van der Waals surface area contributed by atoms with Gasteiger partial charge >= 0.3 is 0 Å². The van der Waals surface area contributed by atoms with Crippen LogP contribution in [0.3, 0.4) is 0 Å². The summed E-state index contributed by atoms with van der Waals surface area (Å²) in [5.41, 5.74) is 0. The van der Waals surface area contributed by atoms with E-state index in [0.717, 1.165) is 19.7 Å². The van der Waals surface area contributed by atoms with Crippen LogP contribution in [-0.4, -0.2) is 25.8 Å². The van der Waals surface area contributed by atoms with Crippen molar-refractivity contribution in [2.45, 2.75) is 32.3 Å². The lowest BCUT2D eigenvalue weighted by Gasteiger charge is -2.29. The van der Waals surface area contributed by atoms with Crippen LogP contribution in [0.4, 0.5) is 0 Å². The van der Waals surface area contributed by atoms with E-state index in [1.54, 1.807) is 0 Å². The maximum atomic E-state index is 5.69. The molecule has 76 valence electrons. The molecule has 0 bridgehead atoms. The fourth-order valence-corrected chi connectivity index (χ4v) is 1.76. The zero-order valence-electron chi connectivity index (χ0n) is 8.59. The van der Waals surface area contributed by atoms with Crippen LogP contribution in [0.1, 0.15) is 26.2 Å². The Morgan fingerprint density at radius 3 is 3.08 bits per heavy atom. The molecule has 0 aromatic carbocycles. The molecule has 2 heteroatoms. The number of unbranched alkanes of at least 4 members (excludes halogenated alkanes) is 1. The highest BCUT2D eigenvalue weighted by Crippen LogP contribution is 2.17. The van der Waals surface area contributed by atoms with Crippen LogP contribution < -0.4 is 5.32 Å². The van der Waals surface area contributed by atoms with Crippen LogP contribution in [0.5, 0.6) is 0 Å². The molecule has 1 aliphatic heterocycles. The Morgan fingerprint density at radius 1 is 1.69 bits per heavy atom. The monoisotopic (exact) mass is 183 g/mol. The number of nitrogens with one attached hydrogen (secondary N) is 1. The second kappa shape index (κ2) is 6.17. The normalized spacial score (nSPS) is 25.5. The Balaban J connectivity index is 2.30. The van der Waals surface area contributed by atoms with Gasteiger partial charge in [-0.1, -0.05) is 25.8 Å². The van der Waals surface area contributed by atoms with E-state index < -0.39 is 0 Å². The van der Waals surface area contributed by atoms with E-state index in [2.05, 4.69) is 18.8 Å². The predicted molar refractivity (Wildman–Crippen MR) is 55.8 cm³/mol. The molecule has 1 aliphatic rings. The first-order valence-corrected chi connectivity index (χ1v) is 5.33. The summed E-state index contributed by atoms with van der Waals surface area (Å²) in [6, 6.07) is 0. The van der Waals surface area contributed by atoms with Gasteiger partial charge in [0.25, 0.3) is 0 Å². The number of hydrogen-bond acceptors (Lipinski definition) is 2. The summed E-state index contributed by atoms with van der Waals surface area (Å²) >= 11 is 0. The number of ether oxygens (including phenoxy) is 1. The summed E-state index contributed by atoms with van der Waals surface area (Å²) in [7, 11) is 0. The molecule has 0 aliphatic carbocycles. The van der Waals surface area contributed by atoms with Gasteiger partial charge in [-0.15, -0.1) is 6.58 Å². The number of morpholine rings is 1. The summed E-state index contributed by atoms with van der Waals surface area (Å²) in [5, 5.41) is 3.35. The first-order chi connectivity index (χ1) is 6.38. The van der Waals surface area contributed by atoms with E-state index in [1.807, 2.05) is 6.08 Å². The molecule has 0 aromatic rings. The van der Waals surface area contributed by atoms with E-state index in [1.165, 1.54) is 19.3 Å². The Kier molecular flexibility index (Phi) is 5.09. The molecule has 2 nitrogen and oxygen atoms in total. The number of rotatable bonds is 5. The second-order valence-corrected chi connectivity index (χ2v) is 3.66. The molecular formula is C11H21NO. The van der Waals surface area contributed by atoms with E-state index in [4.69, 9.17) is 4.74 Å². The van der Waals surface area contributed by atoms with E-state index in [9.17, 15) is 0 Å². The van der Waals surface area contributed by atoms with Crippen molar-refractivity contribution in [2.75, 3.05) is 19.7 Å². The Morgan fingerprint density at radius 2 is 2.54 bits per heavy atom. The molecule has 1 N–H and O–H groups in total. The molecular weight excluding hydrogens is 162 g/mol. The zero-order valence-corrected chi connectivity index (χ0v) is 8.59. The van der Waals surface area contributed by atoms with Gasteiger partial charge in [0.15, 0.2) is 0 Å². The van der Waals surface area contributed by atoms with Gasteiger partial charge in [-0.25, -0.2) is 0 Å². The van der Waals surface area contributed by atoms with Crippen LogP contribution in [0.25, 0.3) is 0 Å². The van der Waals surface area contributed by atoms with E-state index in [0.29, 0.717) is 12.0 Å². The average Bonchev–Trinajstić information content (AvgIpc) is 2.21. The van der Waals surface area contributed by atoms with Crippen molar-refractivity contribution >= 4 is 0 Å². The van der Waals surface area contributed by atoms with Crippen molar-refractivity contribution in [1.82, 2.24) is 5.32 Å². The van der Waals surface area contributed by atoms with Crippen molar-refractivity contribution in [1.29, 1.82) is 0 Å². The fourth-order valence-electron chi connectivity index (χ4n) is 1.76. The molecule has 0 radical (unpaired) electrons. The SMILES string of the molecule is C=CC(CCCC)C1CNCCO1. The maximum absolute atomic E-state index is 5.69. The Bertz CT molecular complexity index is 141. The number of hydrogen-bond donors (Lipinski definition) is 1. The molecule has 1 fully saturated rings. The highest BCUT2D eigenvalue weighted by atomic mass is 16.5. The molecule has 2 unspecified atom stereocenters. The molecule has 1 saturated heterocycles. The minimum Gasteiger partial charge on any atom is -0.375 e. The van der Waals surface area contributed by atoms with Crippen LogP contribution in [-0.2, 0) is 4.74 Å². The molecule has 1 rings (SSSR count). The van der Waals surface area contributed by atoms with Crippen LogP contribution >= 0.6 is 0 Å². The van der Waals surface area contributed by atoms with Gasteiger partial charge in [-0.3, -0.25) is 0 Å². The zero-order chi connectivity index (χ0) is 9.52. The lowest BCUT2D eigenvalue weighted by Crippen LogP contribution is -2.42. The molecule has 0 amide bonds. The average molecular weight is 183 g/mol. The maximum Gasteiger partial charge on any atom is 0.0762 e. The third kappa shape index (κ3) is 3.49. The van der Waals surface area contributed by atoms with Crippen molar-refractivity contribution in [3.63, 3.8) is 0 Å². The lowest BCUT2D eigenvalue weighted by atomic mass is 9.95. The topological polar surface area (TPSA) is 21.3 Å². The van der Waals surface area contributed by atoms with Gasteiger partial charge in [0.05, 0.1) is 12.7 Å². The van der Waals surface area contributed by atoms with Crippen molar-refractivity contribution < 1.29 is 4.74 Å². The fraction of sp³-hybridized carbons (Fsp3) is 0.818. The van der Waals surface area contributed by atoms with E-state index >= 15 is 0 Å². The first-order valence-electron chi connectivity index (χ1n) is 5.33. The largest absolute Gasteiger partial charge is 0.375 e. The lowest BCUT2D eigenvalue weighted by molar-refractivity contribution is 0.000893. The standard InChI is InChI=1S/C11H21NO/c1-3-5-6-10(4-2)11-9-12-7-8-13-11/h4,10-12H,2-3,5-9H2,1H3. The highest BCUT2D eigenvalue weighted by molar-refractivity contribution is 4.87. The van der Waals surface area contributed by atoms with Crippen molar-refractivity contribution in [2.24, 2.45) is 5.92 Å². The smallest absolute Gasteiger partial charge is 0.0762 e. The molecule has 1 heterocycles. The third-order valence-corrected chi connectivity index (χ3v) is 2.63. The minimum atomic E-state index is 0.359. The minimum absolute atomic E-state index is 0.359. The Labute approximate surface area is 81.4 Å². The van der Waals surface area contributed by atoms with Crippen LogP contribution in [0.2, 0.25) is 0 Å². The third-order valence-electron chi connectivity index (χ3n) is 2.63. The van der Waals surface area contributed by atoms with Gasteiger partial charge in [0.1, 0.15) is 0 Å². The van der Waals surface area contributed by atoms with Crippen LogP contribution in [0.15, 0.2) is 12.7 Å². The van der Waals surface area contributed by atoms with Crippen LogP contribution in [0, 0.1) is 5.92 Å². The summed E-state index contributed by atoms with van der Waals surface area (Å²) in [6.45, 7) is 8.93. The van der Waals surface area contributed by atoms with Gasteiger partial charge in [-0.2, -0.15) is 0 Å². The molecule has 0 aromatic heterocycles. The van der Waals surface area contributed by atoms with Gasteiger partial charge < -0.3 is 10.1 Å². The summed E-state index contributed by atoms with van der Waals surface area (Å²) in [6.07, 6.45) is 6.15. The quantitative estimate of drug-likeness (QED) is 0.658. The van der Waals surface area contributed by atoms with Gasteiger partial charge in [0, 0.05) is 19.0 Å². The van der Waals surface area contributed by atoms with E-state index in [-0.39, 0.29) is 0 Å². The summed E-state index contributed by atoms with van der Waals surface area (Å²) in [5.74, 6) is 0.535. The molecule has 13 heavy (non-hydrogen) atoms. The van der Waals surface area contributed by atoms with Gasteiger partial charge in [0.2, 0.25) is 0 Å². The highest BCUT2D eigenvalue weighted by Gasteiger charge is 2.20. The van der Waals surface area contributed by atoms with Gasteiger partial charge in [-0.05, 0) is 6.42 Å². The second-order valence-electron chi connectivity index (χ2n) is 3.66. The first kappa shape index (κ1) is 10.7. The van der Waals surface area contributed by atoms with Crippen molar-refractivity contribution in [3.05, 3.63) is 12.7 Å². The molecule has 0 spiro atoms. The molecule has 0 saturated carbocycles. The summed E-state index contributed by atoms with van der Waals surface area (Å²) in [4.78, 5) is 0. The Hall–Kier alpha value is -0.340. The molecule has 2 atom stereocenters. The predicted octanol–water partition coefficient (Wildman–Crippen LogP) is 1.97.